The van der Waals surface area contributed by atoms with Crippen molar-refractivity contribution < 1.29 is 14.7 Å². The number of amides is 1. The molecule has 0 fully saturated rings. The predicted molar refractivity (Wildman–Crippen MR) is 50.6 cm³/mol. The van der Waals surface area contributed by atoms with E-state index in [2.05, 4.69) is 5.32 Å². The third-order valence-electron chi connectivity index (χ3n) is 1.85. The van der Waals surface area contributed by atoms with Crippen LogP contribution in [-0.2, 0) is 9.59 Å². The molecule has 0 aliphatic carbocycles. The molecule has 0 saturated heterocycles. The average Bonchev–Trinajstić information content (AvgIpc) is 2.18. The van der Waals surface area contributed by atoms with Crippen LogP contribution in [0.4, 0.5) is 0 Å². The predicted octanol–water partition coefficient (Wildman–Crippen LogP) is 0.948. The minimum Gasteiger partial charge on any atom is -0.481 e. The molecule has 4 nitrogen and oxygen atoms in total. The van der Waals surface area contributed by atoms with Gasteiger partial charge in [-0.25, -0.2) is 0 Å². The zero-order chi connectivity index (χ0) is 10.4. The third-order valence-corrected chi connectivity index (χ3v) is 1.85. The van der Waals surface area contributed by atoms with Gasteiger partial charge < -0.3 is 10.4 Å². The number of aliphatic carboxylic acids is 1. The van der Waals surface area contributed by atoms with Crippen molar-refractivity contribution in [3.8, 4) is 0 Å². The molecule has 0 aliphatic heterocycles. The van der Waals surface area contributed by atoms with Crippen LogP contribution in [0.1, 0.15) is 18.0 Å². The number of carboxylic acids is 1. The van der Waals surface area contributed by atoms with Crippen LogP contribution in [0.15, 0.2) is 30.3 Å². The molecule has 1 rings (SSSR count). The lowest BCUT2D eigenvalue weighted by atomic mass is 10.0. The van der Waals surface area contributed by atoms with Gasteiger partial charge in [-0.05, 0) is 5.56 Å². The SMILES string of the molecule is O=CN[C@@H](CC(=O)O)c1ccccc1. The summed E-state index contributed by atoms with van der Waals surface area (Å²) in [7, 11) is 0. The Morgan fingerprint density at radius 2 is 2.07 bits per heavy atom. The first kappa shape index (κ1) is 10.2. The van der Waals surface area contributed by atoms with Gasteiger partial charge in [0.05, 0.1) is 12.5 Å². The lowest BCUT2D eigenvalue weighted by molar-refractivity contribution is -0.137. The number of carbonyl (C=O) groups is 2. The fourth-order valence-electron chi connectivity index (χ4n) is 1.22. The minimum atomic E-state index is -0.937. The summed E-state index contributed by atoms with van der Waals surface area (Å²) in [6, 6.07) is 8.55. The van der Waals surface area contributed by atoms with E-state index in [1.807, 2.05) is 6.07 Å². The molecule has 0 unspecified atom stereocenters. The summed E-state index contributed by atoms with van der Waals surface area (Å²) in [4.78, 5) is 20.8. The van der Waals surface area contributed by atoms with Crippen molar-refractivity contribution in [2.75, 3.05) is 0 Å². The maximum atomic E-state index is 10.5. The molecular weight excluding hydrogens is 182 g/mol. The van der Waals surface area contributed by atoms with Crippen molar-refractivity contribution in [3.63, 3.8) is 0 Å². The maximum absolute atomic E-state index is 10.5. The molecule has 0 heterocycles. The van der Waals surface area contributed by atoms with Crippen molar-refractivity contribution in [2.45, 2.75) is 12.5 Å². The van der Waals surface area contributed by atoms with Crippen LogP contribution in [-0.4, -0.2) is 17.5 Å². The molecule has 0 aromatic heterocycles. The quantitative estimate of drug-likeness (QED) is 0.684. The second-order valence-corrected chi connectivity index (χ2v) is 2.85. The molecular formula is C10H11NO3. The Hall–Kier alpha value is -1.84. The van der Waals surface area contributed by atoms with Gasteiger partial charge in [0.25, 0.3) is 0 Å². The molecule has 74 valence electrons. The largest absolute Gasteiger partial charge is 0.481 e. The van der Waals surface area contributed by atoms with E-state index < -0.39 is 12.0 Å². The van der Waals surface area contributed by atoms with Crippen molar-refractivity contribution in [2.24, 2.45) is 0 Å². The van der Waals surface area contributed by atoms with Gasteiger partial charge in [-0.1, -0.05) is 30.3 Å². The Kier molecular flexibility index (Phi) is 3.67. The van der Waals surface area contributed by atoms with Crippen molar-refractivity contribution >= 4 is 12.4 Å². The molecule has 1 aromatic rings. The van der Waals surface area contributed by atoms with E-state index in [9.17, 15) is 9.59 Å². The first-order valence-corrected chi connectivity index (χ1v) is 4.20. The van der Waals surface area contributed by atoms with Crippen molar-refractivity contribution in [3.05, 3.63) is 35.9 Å². The molecule has 0 bridgehead atoms. The van der Waals surface area contributed by atoms with Gasteiger partial charge in [-0.15, -0.1) is 0 Å². The fraction of sp³-hybridized carbons (Fsp3) is 0.200. The fourth-order valence-corrected chi connectivity index (χ4v) is 1.22. The third kappa shape index (κ3) is 2.90. The number of carbonyl (C=O) groups excluding carboxylic acids is 1. The summed E-state index contributed by atoms with van der Waals surface area (Å²) in [5.41, 5.74) is 0.794. The lowest BCUT2D eigenvalue weighted by Gasteiger charge is -2.13. The zero-order valence-electron chi connectivity index (χ0n) is 7.51. The van der Waals surface area contributed by atoms with Crippen LogP contribution in [0.2, 0.25) is 0 Å². The molecule has 1 amide bonds. The molecule has 1 atom stereocenters. The molecule has 2 N–H and O–H groups in total. The molecule has 0 aliphatic rings. The van der Waals surface area contributed by atoms with Crippen LogP contribution < -0.4 is 5.32 Å². The zero-order valence-corrected chi connectivity index (χ0v) is 7.51. The van der Waals surface area contributed by atoms with Crippen molar-refractivity contribution in [1.82, 2.24) is 5.32 Å². The van der Waals surface area contributed by atoms with Gasteiger partial charge in [-0.3, -0.25) is 9.59 Å². The summed E-state index contributed by atoms with van der Waals surface area (Å²) >= 11 is 0. The minimum absolute atomic E-state index is 0.108. The van der Waals surface area contributed by atoms with Gasteiger partial charge in [0, 0.05) is 0 Å². The maximum Gasteiger partial charge on any atom is 0.305 e. The summed E-state index contributed by atoms with van der Waals surface area (Å²) in [6.07, 6.45) is 0.406. The Labute approximate surface area is 81.6 Å². The van der Waals surface area contributed by atoms with Gasteiger partial charge in [0.1, 0.15) is 0 Å². The van der Waals surface area contributed by atoms with E-state index in [-0.39, 0.29) is 6.42 Å². The normalized spacial score (nSPS) is 11.7. The smallest absolute Gasteiger partial charge is 0.305 e. The molecule has 4 heteroatoms. The average molecular weight is 193 g/mol. The number of carboxylic acid groups (broad SMARTS) is 1. The number of benzene rings is 1. The van der Waals surface area contributed by atoms with E-state index in [1.54, 1.807) is 24.3 Å². The Bertz CT molecular complexity index is 310. The summed E-state index contributed by atoms with van der Waals surface area (Å²) in [5, 5.41) is 11.1. The van der Waals surface area contributed by atoms with Crippen LogP contribution >= 0.6 is 0 Å². The Balaban J connectivity index is 2.77. The summed E-state index contributed by atoms with van der Waals surface area (Å²) in [6.45, 7) is 0. The highest BCUT2D eigenvalue weighted by Gasteiger charge is 2.13. The van der Waals surface area contributed by atoms with Crippen LogP contribution in [0.3, 0.4) is 0 Å². The highest BCUT2D eigenvalue weighted by atomic mass is 16.4. The van der Waals surface area contributed by atoms with Gasteiger partial charge in [0.15, 0.2) is 0 Å². The first-order valence-electron chi connectivity index (χ1n) is 4.20. The number of rotatable bonds is 5. The molecule has 1 aromatic carbocycles. The number of hydrogen-bond donors (Lipinski definition) is 2. The van der Waals surface area contributed by atoms with E-state index in [1.165, 1.54) is 0 Å². The standard InChI is InChI=1S/C10H11NO3/c12-7-11-9(6-10(13)14)8-4-2-1-3-5-8/h1-5,7,9H,6H2,(H,11,12)(H,13,14)/t9-/m0/s1. The topological polar surface area (TPSA) is 66.4 Å². The van der Waals surface area contributed by atoms with Gasteiger partial charge >= 0.3 is 5.97 Å². The second kappa shape index (κ2) is 5.01. The van der Waals surface area contributed by atoms with Crippen molar-refractivity contribution in [1.29, 1.82) is 0 Å². The second-order valence-electron chi connectivity index (χ2n) is 2.85. The summed E-state index contributed by atoms with van der Waals surface area (Å²) < 4.78 is 0. The highest BCUT2D eigenvalue weighted by Crippen LogP contribution is 2.15. The molecule has 0 radical (unpaired) electrons. The van der Waals surface area contributed by atoms with E-state index in [4.69, 9.17) is 5.11 Å². The Morgan fingerprint density at radius 3 is 2.57 bits per heavy atom. The molecule has 14 heavy (non-hydrogen) atoms. The van der Waals surface area contributed by atoms with Gasteiger partial charge in [-0.2, -0.15) is 0 Å². The number of hydrogen-bond acceptors (Lipinski definition) is 2. The van der Waals surface area contributed by atoms with E-state index >= 15 is 0 Å². The van der Waals surface area contributed by atoms with Crippen LogP contribution in [0.25, 0.3) is 0 Å². The van der Waals surface area contributed by atoms with E-state index in [0.29, 0.717) is 6.41 Å². The van der Waals surface area contributed by atoms with E-state index in [0.717, 1.165) is 5.56 Å². The Morgan fingerprint density at radius 1 is 1.43 bits per heavy atom. The van der Waals surface area contributed by atoms with Crippen LogP contribution in [0, 0.1) is 0 Å². The monoisotopic (exact) mass is 193 g/mol. The first-order chi connectivity index (χ1) is 6.74. The van der Waals surface area contributed by atoms with Crippen LogP contribution in [0.5, 0.6) is 0 Å². The highest BCUT2D eigenvalue weighted by molar-refractivity contribution is 5.68. The van der Waals surface area contributed by atoms with Gasteiger partial charge in [0.2, 0.25) is 6.41 Å². The molecule has 0 saturated carbocycles. The molecule has 0 spiro atoms. The number of nitrogens with one attached hydrogen (secondary N) is 1. The summed E-state index contributed by atoms with van der Waals surface area (Å²) in [5.74, 6) is -0.937. The lowest BCUT2D eigenvalue weighted by Crippen LogP contribution is -2.22.